The van der Waals surface area contributed by atoms with Crippen LogP contribution in [0.25, 0.3) is 27.7 Å². The Morgan fingerprint density at radius 2 is 1.67 bits per heavy atom. The molecule has 8 nitrogen and oxygen atoms in total. The van der Waals surface area contributed by atoms with Crippen LogP contribution in [0.2, 0.25) is 0 Å². The van der Waals surface area contributed by atoms with Gasteiger partial charge in [0, 0.05) is 34.8 Å². The van der Waals surface area contributed by atoms with Gasteiger partial charge < -0.3 is 10.1 Å². The molecule has 11 heteroatoms. The molecule has 0 aliphatic carbocycles. The second-order valence-electron chi connectivity index (χ2n) is 10.9. The van der Waals surface area contributed by atoms with Crippen molar-refractivity contribution in [2.45, 2.75) is 39.5 Å². The van der Waals surface area contributed by atoms with E-state index in [9.17, 15) is 22.8 Å². The summed E-state index contributed by atoms with van der Waals surface area (Å²) in [5.41, 5.74) is 1.60. The van der Waals surface area contributed by atoms with E-state index < -0.39 is 29.0 Å². The molecule has 2 aromatic heterocycles. The number of rotatable bonds is 5. The minimum atomic E-state index is -4.53. The number of alkyl halides is 3. The Balaban J connectivity index is 1.41. The van der Waals surface area contributed by atoms with Crippen LogP contribution in [-0.2, 0) is 10.9 Å². The molecule has 1 amide bonds. The zero-order chi connectivity index (χ0) is 30.9. The van der Waals surface area contributed by atoms with Crippen molar-refractivity contribution >= 4 is 34.3 Å². The van der Waals surface area contributed by atoms with Crippen LogP contribution >= 0.6 is 0 Å². The van der Waals surface area contributed by atoms with E-state index in [1.807, 2.05) is 0 Å². The molecule has 0 unspecified atom stereocenters. The molecule has 2 heterocycles. The third-order valence-electron chi connectivity index (χ3n) is 6.38. The predicted octanol–water partition coefficient (Wildman–Crippen LogP) is 7.87. The maximum atomic E-state index is 13.5. The molecule has 0 atom stereocenters. The standard InChI is InChI=1S/C32H28F3N5O3/c1-19-13-14-40(25-10-5-7-22(16-25)32(33,34)35)28(41)27(19)20-11-12-26-21(15-20)18-36-29(39-26)37-23-8-6-9-24(17-23)38-30(42)43-31(2,3)4/h5-18H,1-4H3,(H,38,42)(H,36,37,39). The number of hydrogen-bond donors (Lipinski definition) is 2. The lowest BCUT2D eigenvalue weighted by Crippen LogP contribution is -2.27. The summed E-state index contributed by atoms with van der Waals surface area (Å²) in [6.07, 6.45) is -2.02. The molecule has 220 valence electrons. The first-order valence-electron chi connectivity index (χ1n) is 13.3. The number of carbonyl (C=O) groups is 1. The van der Waals surface area contributed by atoms with Crippen LogP contribution in [0, 0.1) is 6.92 Å². The van der Waals surface area contributed by atoms with E-state index in [1.165, 1.54) is 22.9 Å². The predicted molar refractivity (Wildman–Crippen MR) is 160 cm³/mol. The van der Waals surface area contributed by atoms with Gasteiger partial charge >= 0.3 is 12.3 Å². The molecule has 0 spiro atoms. The molecule has 2 N–H and O–H groups in total. The summed E-state index contributed by atoms with van der Waals surface area (Å²) in [6.45, 7) is 7.11. The lowest BCUT2D eigenvalue weighted by atomic mass is 10.0. The topological polar surface area (TPSA) is 98.1 Å². The molecule has 0 radical (unpaired) electrons. The average Bonchev–Trinajstić information content (AvgIpc) is 2.92. The second kappa shape index (κ2) is 11.2. The lowest BCUT2D eigenvalue weighted by molar-refractivity contribution is -0.137. The van der Waals surface area contributed by atoms with Gasteiger partial charge in [-0.2, -0.15) is 13.2 Å². The Hall–Kier alpha value is -5.19. The van der Waals surface area contributed by atoms with E-state index in [-0.39, 0.29) is 5.69 Å². The maximum Gasteiger partial charge on any atom is 0.416 e. The highest BCUT2D eigenvalue weighted by Gasteiger charge is 2.30. The van der Waals surface area contributed by atoms with Crippen molar-refractivity contribution in [2.24, 2.45) is 0 Å². The number of anilines is 3. The summed E-state index contributed by atoms with van der Waals surface area (Å²) < 4.78 is 46.3. The van der Waals surface area contributed by atoms with Crippen LogP contribution in [0.5, 0.6) is 0 Å². The molecule has 0 saturated carbocycles. The normalized spacial score (nSPS) is 11.8. The number of nitrogens with one attached hydrogen (secondary N) is 2. The van der Waals surface area contributed by atoms with E-state index in [0.29, 0.717) is 44.9 Å². The summed E-state index contributed by atoms with van der Waals surface area (Å²) in [6, 6.07) is 18.6. The van der Waals surface area contributed by atoms with Crippen molar-refractivity contribution in [2.75, 3.05) is 10.6 Å². The molecule has 0 aliphatic rings. The highest BCUT2D eigenvalue weighted by atomic mass is 19.4. The van der Waals surface area contributed by atoms with Gasteiger partial charge in [0.1, 0.15) is 5.60 Å². The maximum absolute atomic E-state index is 13.5. The summed E-state index contributed by atoms with van der Waals surface area (Å²) in [7, 11) is 0. The Morgan fingerprint density at radius 1 is 0.930 bits per heavy atom. The van der Waals surface area contributed by atoms with E-state index >= 15 is 0 Å². The molecule has 3 aromatic carbocycles. The minimum absolute atomic E-state index is 0.117. The molecular formula is C32H28F3N5O3. The molecular weight excluding hydrogens is 559 g/mol. The van der Waals surface area contributed by atoms with E-state index in [1.54, 1.807) is 82.4 Å². The van der Waals surface area contributed by atoms with Gasteiger partial charge in [-0.3, -0.25) is 14.7 Å². The number of fused-ring (bicyclic) bond motifs is 1. The van der Waals surface area contributed by atoms with Gasteiger partial charge in [-0.25, -0.2) is 14.8 Å². The first-order valence-corrected chi connectivity index (χ1v) is 13.3. The molecule has 5 rings (SSSR count). The number of amides is 1. The monoisotopic (exact) mass is 587 g/mol. The number of ether oxygens (including phenoxy) is 1. The third-order valence-corrected chi connectivity index (χ3v) is 6.38. The molecule has 0 bridgehead atoms. The van der Waals surface area contributed by atoms with Crippen LogP contribution in [0.15, 0.2) is 90.0 Å². The zero-order valence-corrected chi connectivity index (χ0v) is 23.8. The average molecular weight is 588 g/mol. The summed E-state index contributed by atoms with van der Waals surface area (Å²) >= 11 is 0. The highest BCUT2D eigenvalue weighted by molar-refractivity contribution is 5.87. The van der Waals surface area contributed by atoms with Crippen molar-refractivity contribution in [3.63, 3.8) is 0 Å². The number of aromatic nitrogens is 3. The van der Waals surface area contributed by atoms with Crippen LogP contribution in [-0.4, -0.2) is 26.2 Å². The molecule has 0 fully saturated rings. The van der Waals surface area contributed by atoms with Crippen LogP contribution in [0.3, 0.4) is 0 Å². The quantitative estimate of drug-likeness (QED) is 0.217. The van der Waals surface area contributed by atoms with Crippen molar-refractivity contribution < 1.29 is 22.7 Å². The Kier molecular flexibility index (Phi) is 7.66. The van der Waals surface area contributed by atoms with Crippen molar-refractivity contribution in [1.29, 1.82) is 0 Å². The third kappa shape index (κ3) is 6.83. The van der Waals surface area contributed by atoms with Gasteiger partial charge in [0.25, 0.3) is 5.56 Å². The molecule has 0 saturated heterocycles. The van der Waals surface area contributed by atoms with E-state index in [4.69, 9.17) is 4.74 Å². The van der Waals surface area contributed by atoms with Crippen LogP contribution < -0.4 is 16.2 Å². The van der Waals surface area contributed by atoms with E-state index in [2.05, 4.69) is 20.6 Å². The van der Waals surface area contributed by atoms with Crippen molar-refractivity contribution in [3.05, 3.63) is 107 Å². The van der Waals surface area contributed by atoms with E-state index in [0.717, 1.165) is 12.1 Å². The number of halogens is 3. The highest BCUT2D eigenvalue weighted by Crippen LogP contribution is 2.31. The first kappa shape index (κ1) is 29.3. The summed E-state index contributed by atoms with van der Waals surface area (Å²) in [5, 5.41) is 6.47. The molecule has 5 aromatic rings. The van der Waals surface area contributed by atoms with Crippen LogP contribution in [0.1, 0.15) is 31.9 Å². The summed E-state index contributed by atoms with van der Waals surface area (Å²) in [5.74, 6) is 0.317. The smallest absolute Gasteiger partial charge is 0.416 e. The number of carbonyl (C=O) groups excluding carboxylic acids is 1. The Morgan fingerprint density at radius 3 is 2.42 bits per heavy atom. The van der Waals surface area contributed by atoms with Crippen molar-refractivity contribution in [1.82, 2.24) is 14.5 Å². The number of benzene rings is 3. The first-order chi connectivity index (χ1) is 20.3. The van der Waals surface area contributed by atoms with Gasteiger partial charge in [-0.1, -0.05) is 18.2 Å². The number of pyridine rings is 1. The van der Waals surface area contributed by atoms with Gasteiger partial charge in [0.05, 0.1) is 16.6 Å². The fraction of sp³-hybridized carbons (Fsp3) is 0.188. The van der Waals surface area contributed by atoms with Crippen molar-refractivity contribution in [3.8, 4) is 16.8 Å². The SMILES string of the molecule is Cc1ccn(-c2cccc(C(F)(F)F)c2)c(=O)c1-c1ccc2nc(Nc3cccc(NC(=O)OC(C)(C)C)c3)ncc2c1. The number of hydrogen-bond acceptors (Lipinski definition) is 6. The summed E-state index contributed by atoms with van der Waals surface area (Å²) in [4.78, 5) is 34.6. The number of aryl methyl sites for hydroxylation is 1. The second-order valence-corrected chi connectivity index (χ2v) is 10.9. The molecule has 43 heavy (non-hydrogen) atoms. The van der Waals surface area contributed by atoms with Gasteiger partial charge in [-0.15, -0.1) is 0 Å². The largest absolute Gasteiger partial charge is 0.444 e. The molecule has 0 aliphatic heterocycles. The zero-order valence-electron chi connectivity index (χ0n) is 23.8. The lowest BCUT2D eigenvalue weighted by Gasteiger charge is -2.19. The minimum Gasteiger partial charge on any atom is -0.444 e. The fourth-order valence-corrected chi connectivity index (χ4v) is 4.49. The number of nitrogens with zero attached hydrogens (tertiary/aromatic N) is 3. The van der Waals surface area contributed by atoms with Gasteiger partial charge in [-0.05, 0) is 93.4 Å². The van der Waals surface area contributed by atoms with Gasteiger partial charge in [0.15, 0.2) is 0 Å². The van der Waals surface area contributed by atoms with Crippen LogP contribution in [0.4, 0.5) is 35.3 Å². The van der Waals surface area contributed by atoms with Gasteiger partial charge in [0.2, 0.25) is 5.95 Å². The Bertz CT molecular complexity index is 1890. The Labute approximate surface area is 245 Å². The fourth-order valence-electron chi connectivity index (χ4n) is 4.49.